The highest BCUT2D eigenvalue weighted by molar-refractivity contribution is 8.00. The number of amides is 1. The van der Waals surface area contributed by atoms with Gasteiger partial charge in [-0.2, -0.15) is 0 Å². The van der Waals surface area contributed by atoms with Crippen molar-refractivity contribution in [2.45, 2.75) is 101 Å². The molecule has 4 rings (SSSR count). The van der Waals surface area contributed by atoms with E-state index in [-0.39, 0.29) is 23.3 Å². The van der Waals surface area contributed by atoms with Gasteiger partial charge < -0.3 is 10.0 Å². The van der Waals surface area contributed by atoms with Crippen LogP contribution in [0.25, 0.3) is 0 Å². The minimum Gasteiger partial charge on any atom is -0.477 e. The Morgan fingerprint density at radius 1 is 1.03 bits per heavy atom. The number of hydrogen-bond donors (Lipinski definition) is 1. The zero-order valence-electron chi connectivity index (χ0n) is 21.3. The summed E-state index contributed by atoms with van der Waals surface area (Å²) in [6.07, 6.45) is 11.4. The van der Waals surface area contributed by atoms with Gasteiger partial charge in [-0.3, -0.25) is 9.78 Å². The number of thiophene rings is 1. The number of rotatable bonds is 6. The van der Waals surface area contributed by atoms with Gasteiger partial charge in [0.2, 0.25) is 5.91 Å². The smallest absolute Gasteiger partial charge is 0.348 e. The SMILES string of the molecule is CC(C)(C)c1cc(N(C(=O)[C@H]2CC[C@H](C)CC2)[C@H]2CC[C@H](Sc3ccncc3)CC2)c(C(=O)O)s1. The van der Waals surface area contributed by atoms with Crippen molar-refractivity contribution in [3.8, 4) is 0 Å². The summed E-state index contributed by atoms with van der Waals surface area (Å²) in [5.41, 5.74) is 0.460. The highest BCUT2D eigenvalue weighted by Gasteiger charge is 2.38. The zero-order chi connectivity index (χ0) is 25.2. The predicted molar refractivity (Wildman–Crippen MR) is 145 cm³/mol. The molecule has 7 heteroatoms. The molecule has 0 aliphatic heterocycles. The fraction of sp³-hybridized carbons (Fsp3) is 0.607. The molecule has 2 heterocycles. The first-order valence-electron chi connectivity index (χ1n) is 12.9. The maximum absolute atomic E-state index is 14.0. The van der Waals surface area contributed by atoms with E-state index in [4.69, 9.17) is 0 Å². The predicted octanol–water partition coefficient (Wildman–Crippen LogP) is 7.40. The van der Waals surface area contributed by atoms with Crippen LogP contribution in [0, 0.1) is 11.8 Å². The summed E-state index contributed by atoms with van der Waals surface area (Å²) < 4.78 is 0. The van der Waals surface area contributed by atoms with E-state index < -0.39 is 5.97 Å². The number of anilines is 1. The first-order chi connectivity index (χ1) is 16.6. The van der Waals surface area contributed by atoms with Gasteiger partial charge in [0.25, 0.3) is 0 Å². The molecule has 1 amide bonds. The second kappa shape index (κ2) is 11.0. The highest BCUT2D eigenvalue weighted by atomic mass is 32.2. The molecule has 2 aromatic heterocycles. The summed E-state index contributed by atoms with van der Waals surface area (Å²) >= 11 is 3.22. The summed E-state index contributed by atoms with van der Waals surface area (Å²) in [5, 5.41) is 10.6. The van der Waals surface area contributed by atoms with E-state index in [2.05, 4.69) is 44.8 Å². The normalized spacial score (nSPS) is 25.3. The molecule has 1 N–H and O–H groups in total. The number of pyridine rings is 1. The van der Waals surface area contributed by atoms with Gasteiger partial charge in [0.1, 0.15) is 4.88 Å². The van der Waals surface area contributed by atoms with Gasteiger partial charge in [-0.25, -0.2) is 4.79 Å². The molecule has 35 heavy (non-hydrogen) atoms. The number of aromatic nitrogens is 1. The van der Waals surface area contributed by atoms with Gasteiger partial charge in [-0.05, 0) is 80.9 Å². The van der Waals surface area contributed by atoms with Crippen LogP contribution in [0.5, 0.6) is 0 Å². The number of thioether (sulfide) groups is 1. The fourth-order valence-electron chi connectivity index (χ4n) is 5.31. The van der Waals surface area contributed by atoms with Gasteiger partial charge in [0.05, 0.1) is 5.69 Å². The zero-order valence-corrected chi connectivity index (χ0v) is 23.0. The Hall–Kier alpha value is -1.86. The maximum Gasteiger partial charge on any atom is 0.348 e. The van der Waals surface area contributed by atoms with E-state index in [1.165, 1.54) is 16.2 Å². The molecule has 2 aromatic rings. The Labute approximate surface area is 217 Å². The molecule has 0 unspecified atom stereocenters. The Morgan fingerprint density at radius 2 is 1.66 bits per heavy atom. The number of carboxylic acids is 1. The van der Waals surface area contributed by atoms with Gasteiger partial charge >= 0.3 is 5.97 Å². The highest BCUT2D eigenvalue weighted by Crippen LogP contribution is 2.43. The molecule has 0 radical (unpaired) electrons. The molecule has 2 aliphatic carbocycles. The first kappa shape index (κ1) is 26.2. The van der Waals surface area contributed by atoms with E-state index >= 15 is 0 Å². The van der Waals surface area contributed by atoms with Crippen molar-refractivity contribution >= 4 is 40.7 Å². The molecule has 190 valence electrons. The average Bonchev–Trinajstić information content (AvgIpc) is 3.27. The quantitative estimate of drug-likeness (QED) is 0.435. The Morgan fingerprint density at radius 3 is 2.23 bits per heavy atom. The van der Waals surface area contributed by atoms with Crippen molar-refractivity contribution in [1.82, 2.24) is 4.98 Å². The van der Waals surface area contributed by atoms with E-state index in [1.807, 2.05) is 35.1 Å². The molecule has 2 aliphatic rings. The van der Waals surface area contributed by atoms with Gasteiger partial charge in [-0.15, -0.1) is 23.1 Å². The third-order valence-electron chi connectivity index (χ3n) is 7.47. The van der Waals surface area contributed by atoms with Crippen molar-refractivity contribution in [3.05, 3.63) is 40.3 Å². The second-order valence-electron chi connectivity index (χ2n) is 11.3. The minimum atomic E-state index is -0.933. The Balaban J connectivity index is 1.60. The molecule has 0 saturated heterocycles. The van der Waals surface area contributed by atoms with Crippen LogP contribution in [-0.2, 0) is 10.2 Å². The van der Waals surface area contributed by atoms with Crippen LogP contribution < -0.4 is 4.90 Å². The molecule has 5 nitrogen and oxygen atoms in total. The summed E-state index contributed by atoms with van der Waals surface area (Å²) in [6.45, 7) is 8.57. The third-order valence-corrected chi connectivity index (χ3v) is 10.4. The number of carboxylic acid groups (broad SMARTS) is 1. The van der Waals surface area contributed by atoms with Crippen molar-refractivity contribution < 1.29 is 14.7 Å². The lowest BCUT2D eigenvalue weighted by atomic mass is 9.81. The maximum atomic E-state index is 14.0. The van der Waals surface area contributed by atoms with Crippen LogP contribution in [0.3, 0.4) is 0 Å². The molecular formula is C28H38N2O3S2. The first-order valence-corrected chi connectivity index (χ1v) is 14.6. The van der Waals surface area contributed by atoms with Crippen LogP contribution in [0.1, 0.15) is 93.6 Å². The fourth-order valence-corrected chi connectivity index (χ4v) is 7.53. The summed E-state index contributed by atoms with van der Waals surface area (Å²) in [4.78, 5) is 34.9. The number of hydrogen-bond acceptors (Lipinski definition) is 5. The van der Waals surface area contributed by atoms with Crippen LogP contribution in [0.15, 0.2) is 35.5 Å². The van der Waals surface area contributed by atoms with Crippen molar-refractivity contribution in [2.24, 2.45) is 11.8 Å². The van der Waals surface area contributed by atoms with Gasteiger partial charge in [0, 0.05) is 39.4 Å². The Bertz CT molecular complexity index is 1010. The molecule has 0 spiro atoms. The Kier molecular flexibility index (Phi) is 8.26. The number of aromatic carboxylic acids is 1. The topological polar surface area (TPSA) is 70.5 Å². The van der Waals surface area contributed by atoms with Gasteiger partial charge in [-0.1, -0.05) is 27.7 Å². The molecular weight excluding hydrogens is 476 g/mol. The number of carbonyl (C=O) groups is 2. The number of nitrogens with zero attached hydrogens (tertiary/aromatic N) is 2. The third kappa shape index (κ3) is 6.29. The molecule has 0 bridgehead atoms. The lowest BCUT2D eigenvalue weighted by Crippen LogP contribution is -2.46. The minimum absolute atomic E-state index is 0.00486. The van der Waals surface area contributed by atoms with E-state index in [9.17, 15) is 14.7 Å². The number of carbonyl (C=O) groups excluding carboxylic acids is 1. The average molecular weight is 515 g/mol. The van der Waals surface area contributed by atoms with Crippen molar-refractivity contribution in [1.29, 1.82) is 0 Å². The van der Waals surface area contributed by atoms with E-state index in [0.717, 1.165) is 56.2 Å². The lowest BCUT2D eigenvalue weighted by molar-refractivity contribution is -0.124. The molecule has 0 aromatic carbocycles. The molecule has 0 atom stereocenters. The van der Waals surface area contributed by atoms with Crippen molar-refractivity contribution in [3.63, 3.8) is 0 Å². The molecule has 2 saturated carbocycles. The standard InChI is InChI=1S/C28H38N2O3S2/c1-18-5-7-19(8-6-18)26(31)30(23-17-24(28(2,3)4)35-25(23)27(32)33)20-9-11-21(12-10-20)34-22-13-15-29-16-14-22/h13-21H,5-12H2,1-4H3,(H,32,33)/t18-,19-,20-,21-. The van der Waals surface area contributed by atoms with Crippen LogP contribution >= 0.6 is 23.1 Å². The second-order valence-corrected chi connectivity index (χ2v) is 13.7. The molecule has 2 fully saturated rings. The summed E-state index contributed by atoms with van der Waals surface area (Å²) in [6, 6.07) is 6.15. The summed E-state index contributed by atoms with van der Waals surface area (Å²) in [5.74, 6) is -0.133. The summed E-state index contributed by atoms with van der Waals surface area (Å²) in [7, 11) is 0. The lowest BCUT2D eigenvalue weighted by Gasteiger charge is -2.39. The monoisotopic (exact) mass is 514 g/mol. The van der Waals surface area contributed by atoms with Crippen LogP contribution in [0.2, 0.25) is 0 Å². The largest absolute Gasteiger partial charge is 0.477 e. The van der Waals surface area contributed by atoms with E-state index in [1.54, 1.807) is 0 Å². The van der Waals surface area contributed by atoms with E-state index in [0.29, 0.717) is 21.7 Å². The van der Waals surface area contributed by atoms with Crippen LogP contribution in [-0.4, -0.2) is 33.3 Å². The van der Waals surface area contributed by atoms with Gasteiger partial charge in [0.15, 0.2) is 0 Å². The van der Waals surface area contributed by atoms with Crippen LogP contribution in [0.4, 0.5) is 5.69 Å². The van der Waals surface area contributed by atoms with Crippen molar-refractivity contribution in [2.75, 3.05) is 4.90 Å².